The number of nitrogens with zero attached hydrogens (tertiary/aromatic N) is 3. The zero-order valence-electron chi connectivity index (χ0n) is 17.5. The van der Waals surface area contributed by atoms with Gasteiger partial charge in [-0.3, -0.25) is 9.59 Å². The summed E-state index contributed by atoms with van der Waals surface area (Å²) >= 11 is 0. The number of H-pyrrole nitrogens is 1. The molecule has 0 saturated carbocycles. The molecule has 3 aromatic heterocycles. The van der Waals surface area contributed by atoms with Crippen molar-refractivity contribution in [3.8, 4) is 0 Å². The number of carbonyl (C=O) groups is 1. The van der Waals surface area contributed by atoms with E-state index in [1.807, 2.05) is 13.0 Å². The maximum absolute atomic E-state index is 13.2. The Morgan fingerprint density at radius 3 is 2.68 bits per heavy atom. The van der Waals surface area contributed by atoms with Crippen LogP contribution in [0.1, 0.15) is 51.8 Å². The standard InChI is InChI=1S/C22H23F3N4O2/c1-12-9-13(2)28(3)20(30)19(12)21(31)29-8-4-5-14(11-29)16-10-17-15(26-16)6-7-18(27-17)22(23,24)25/h6-7,9-10,14,26H,4-5,8,11H2,1-3H3/t14-/m0/s1. The summed E-state index contributed by atoms with van der Waals surface area (Å²) in [7, 11) is 1.64. The quantitative estimate of drug-likeness (QED) is 0.667. The van der Waals surface area contributed by atoms with E-state index in [-0.39, 0.29) is 28.5 Å². The van der Waals surface area contributed by atoms with Gasteiger partial charge < -0.3 is 14.5 Å². The number of aryl methyl sites for hydroxylation is 2. The van der Waals surface area contributed by atoms with Crippen LogP contribution in [-0.2, 0) is 13.2 Å². The minimum Gasteiger partial charge on any atom is -0.357 e. The smallest absolute Gasteiger partial charge is 0.357 e. The topological polar surface area (TPSA) is 71.0 Å². The van der Waals surface area contributed by atoms with Gasteiger partial charge in [0.05, 0.1) is 11.0 Å². The number of aromatic amines is 1. The van der Waals surface area contributed by atoms with E-state index in [1.54, 1.807) is 24.9 Å². The molecule has 1 saturated heterocycles. The third-order valence-electron chi connectivity index (χ3n) is 6.02. The molecule has 9 heteroatoms. The Hall–Kier alpha value is -3.10. The van der Waals surface area contributed by atoms with E-state index in [9.17, 15) is 22.8 Å². The van der Waals surface area contributed by atoms with Crippen LogP contribution in [0.15, 0.2) is 29.1 Å². The van der Waals surface area contributed by atoms with E-state index in [1.165, 1.54) is 10.6 Å². The van der Waals surface area contributed by atoms with Crippen LogP contribution in [0.5, 0.6) is 0 Å². The van der Waals surface area contributed by atoms with Gasteiger partial charge in [0.25, 0.3) is 11.5 Å². The molecule has 0 unspecified atom stereocenters. The summed E-state index contributed by atoms with van der Waals surface area (Å²) in [6.07, 6.45) is -2.98. The number of nitrogens with one attached hydrogen (secondary N) is 1. The number of hydrogen-bond acceptors (Lipinski definition) is 3. The number of hydrogen-bond donors (Lipinski definition) is 1. The molecule has 1 N–H and O–H groups in total. The molecular weight excluding hydrogens is 409 g/mol. The fraction of sp³-hybridized carbons (Fsp3) is 0.409. The molecule has 164 valence electrons. The van der Waals surface area contributed by atoms with Gasteiger partial charge in [-0.15, -0.1) is 0 Å². The monoisotopic (exact) mass is 432 g/mol. The molecule has 0 bridgehead atoms. The summed E-state index contributed by atoms with van der Waals surface area (Å²) in [5, 5.41) is 0. The molecule has 1 aliphatic rings. The summed E-state index contributed by atoms with van der Waals surface area (Å²) in [5.74, 6) is -0.382. The minimum atomic E-state index is -4.50. The Bertz CT molecular complexity index is 1230. The number of fused-ring (bicyclic) bond motifs is 1. The van der Waals surface area contributed by atoms with Gasteiger partial charge in [0, 0.05) is 37.4 Å². The molecule has 31 heavy (non-hydrogen) atoms. The van der Waals surface area contributed by atoms with Gasteiger partial charge in [-0.25, -0.2) is 4.98 Å². The lowest BCUT2D eigenvalue weighted by molar-refractivity contribution is -0.140. The summed E-state index contributed by atoms with van der Waals surface area (Å²) in [4.78, 5) is 34.4. The van der Waals surface area contributed by atoms with Gasteiger partial charge in [-0.2, -0.15) is 13.2 Å². The molecule has 6 nitrogen and oxygen atoms in total. The number of likely N-dealkylation sites (tertiary alicyclic amines) is 1. The van der Waals surface area contributed by atoms with Crippen LogP contribution in [0, 0.1) is 13.8 Å². The predicted octanol–water partition coefficient (Wildman–Crippen LogP) is 3.92. The molecule has 0 aliphatic carbocycles. The first-order chi connectivity index (χ1) is 14.6. The Labute approximate surface area is 176 Å². The van der Waals surface area contributed by atoms with Gasteiger partial charge >= 0.3 is 6.18 Å². The van der Waals surface area contributed by atoms with Crippen LogP contribution >= 0.6 is 0 Å². The van der Waals surface area contributed by atoms with E-state index in [4.69, 9.17) is 0 Å². The lowest BCUT2D eigenvalue weighted by Crippen LogP contribution is -2.42. The number of halogens is 3. The third-order valence-corrected chi connectivity index (χ3v) is 6.02. The van der Waals surface area contributed by atoms with Crippen LogP contribution in [0.2, 0.25) is 0 Å². The first kappa shape index (κ1) is 21.1. The summed E-state index contributed by atoms with van der Waals surface area (Å²) < 4.78 is 40.3. The molecule has 4 rings (SSSR count). The molecule has 0 spiro atoms. The van der Waals surface area contributed by atoms with Gasteiger partial charge in [-0.05, 0) is 56.5 Å². The van der Waals surface area contributed by atoms with Crippen molar-refractivity contribution in [3.63, 3.8) is 0 Å². The van der Waals surface area contributed by atoms with Crippen molar-refractivity contribution in [2.45, 2.75) is 38.8 Å². The number of pyridine rings is 2. The van der Waals surface area contributed by atoms with Crippen LogP contribution in [0.4, 0.5) is 13.2 Å². The highest BCUT2D eigenvalue weighted by molar-refractivity contribution is 5.95. The first-order valence-electron chi connectivity index (χ1n) is 10.1. The number of piperidine rings is 1. The fourth-order valence-electron chi connectivity index (χ4n) is 4.22. The van der Waals surface area contributed by atoms with E-state index in [2.05, 4.69) is 9.97 Å². The van der Waals surface area contributed by atoms with Crippen molar-refractivity contribution in [1.82, 2.24) is 19.4 Å². The van der Waals surface area contributed by atoms with Crippen LogP contribution < -0.4 is 5.56 Å². The lowest BCUT2D eigenvalue weighted by atomic mass is 9.94. The highest BCUT2D eigenvalue weighted by Gasteiger charge is 2.33. The fourth-order valence-corrected chi connectivity index (χ4v) is 4.22. The van der Waals surface area contributed by atoms with E-state index >= 15 is 0 Å². The number of rotatable bonds is 2. The van der Waals surface area contributed by atoms with Crippen molar-refractivity contribution in [3.05, 3.63) is 62.8 Å². The van der Waals surface area contributed by atoms with E-state index in [0.717, 1.165) is 30.3 Å². The molecule has 4 heterocycles. The van der Waals surface area contributed by atoms with Gasteiger partial charge in [0.1, 0.15) is 11.3 Å². The number of alkyl halides is 3. The second-order valence-electron chi connectivity index (χ2n) is 8.15. The Morgan fingerprint density at radius 1 is 1.23 bits per heavy atom. The van der Waals surface area contributed by atoms with Crippen LogP contribution in [0.25, 0.3) is 11.0 Å². The molecule has 1 atom stereocenters. The Morgan fingerprint density at radius 2 is 1.97 bits per heavy atom. The zero-order valence-corrected chi connectivity index (χ0v) is 17.5. The SMILES string of the molecule is Cc1cc(C)n(C)c(=O)c1C(=O)N1CCC[C@H](c2cc3nc(C(F)(F)F)ccc3[nH]2)C1. The van der Waals surface area contributed by atoms with E-state index < -0.39 is 11.9 Å². The number of carbonyl (C=O) groups excluding carboxylic acids is 1. The molecule has 0 aromatic carbocycles. The second kappa shape index (κ2) is 7.55. The van der Waals surface area contributed by atoms with Crippen molar-refractivity contribution in [2.24, 2.45) is 7.05 Å². The van der Waals surface area contributed by atoms with Crippen molar-refractivity contribution >= 4 is 16.9 Å². The summed E-state index contributed by atoms with van der Waals surface area (Å²) in [6, 6.07) is 5.77. The maximum atomic E-state index is 13.2. The minimum absolute atomic E-state index is 0.0733. The molecule has 1 amide bonds. The average molecular weight is 432 g/mol. The molecule has 0 radical (unpaired) electrons. The van der Waals surface area contributed by atoms with E-state index in [0.29, 0.717) is 24.2 Å². The van der Waals surface area contributed by atoms with Gasteiger partial charge in [-0.1, -0.05) is 0 Å². The van der Waals surface area contributed by atoms with Gasteiger partial charge in [0.2, 0.25) is 0 Å². The Kier molecular flexibility index (Phi) is 5.15. The highest BCUT2D eigenvalue weighted by atomic mass is 19.4. The number of aromatic nitrogens is 3. The van der Waals surface area contributed by atoms with Crippen LogP contribution in [-0.4, -0.2) is 38.4 Å². The van der Waals surface area contributed by atoms with Crippen molar-refractivity contribution in [1.29, 1.82) is 0 Å². The van der Waals surface area contributed by atoms with Crippen LogP contribution in [0.3, 0.4) is 0 Å². The number of amides is 1. The molecule has 3 aromatic rings. The normalized spacial score (nSPS) is 17.4. The molecule has 1 fully saturated rings. The summed E-state index contributed by atoms with van der Waals surface area (Å²) in [5.41, 5.74) is 1.85. The lowest BCUT2D eigenvalue weighted by Gasteiger charge is -2.32. The first-order valence-corrected chi connectivity index (χ1v) is 10.1. The highest BCUT2D eigenvalue weighted by Crippen LogP contribution is 2.32. The predicted molar refractivity (Wildman–Crippen MR) is 110 cm³/mol. The maximum Gasteiger partial charge on any atom is 0.433 e. The third kappa shape index (κ3) is 3.84. The molecular formula is C22H23F3N4O2. The molecule has 1 aliphatic heterocycles. The summed E-state index contributed by atoms with van der Waals surface area (Å²) in [6.45, 7) is 4.48. The largest absolute Gasteiger partial charge is 0.433 e. The van der Waals surface area contributed by atoms with Gasteiger partial charge in [0.15, 0.2) is 0 Å². The average Bonchev–Trinajstić information content (AvgIpc) is 3.15. The second-order valence-corrected chi connectivity index (χ2v) is 8.15. The van der Waals surface area contributed by atoms with Crippen molar-refractivity contribution < 1.29 is 18.0 Å². The zero-order chi connectivity index (χ0) is 22.5. The van der Waals surface area contributed by atoms with Crippen molar-refractivity contribution in [2.75, 3.05) is 13.1 Å². The Balaban J connectivity index is 1.61.